The number of aryl methyl sites for hydroxylation is 1. The molecule has 2 aliphatic rings. The van der Waals surface area contributed by atoms with Gasteiger partial charge in [0.25, 0.3) is 0 Å². The van der Waals surface area contributed by atoms with Gasteiger partial charge in [-0.2, -0.15) is 0 Å². The summed E-state index contributed by atoms with van der Waals surface area (Å²) < 4.78 is 24.1. The van der Waals surface area contributed by atoms with Gasteiger partial charge in [-0.05, 0) is 61.1 Å². The number of hydrogen-bond acceptors (Lipinski definition) is 8. The maximum atomic E-state index is 14.1. The van der Waals surface area contributed by atoms with Gasteiger partial charge in [0.2, 0.25) is 23.6 Å². The highest BCUT2D eigenvalue weighted by atomic mass is 19.1. The Morgan fingerprint density at radius 2 is 1.26 bits per heavy atom. The average molecular weight is 752 g/mol. The van der Waals surface area contributed by atoms with E-state index >= 15 is 0 Å². The zero-order valence-electron chi connectivity index (χ0n) is 32.3. The highest BCUT2D eigenvalue weighted by molar-refractivity contribution is 5.98. The predicted octanol–water partition coefficient (Wildman–Crippen LogP) is 3.05. The van der Waals surface area contributed by atoms with Gasteiger partial charge in [0.05, 0.1) is 32.4 Å². The molecule has 2 fully saturated rings. The second kappa shape index (κ2) is 20.5. The van der Waals surface area contributed by atoms with Crippen LogP contribution in [0, 0.1) is 11.8 Å². The summed E-state index contributed by atoms with van der Waals surface area (Å²) in [7, 11) is 0. The Bertz CT molecular complexity index is 1540. The molecular weight excluding hydrogens is 693 g/mol. The molecule has 2 aromatic carbocycles. The number of ether oxygens (including phenoxy) is 2. The van der Waals surface area contributed by atoms with Gasteiger partial charge >= 0.3 is 0 Å². The maximum Gasteiger partial charge on any atom is 0.243 e. The number of epoxide rings is 1. The summed E-state index contributed by atoms with van der Waals surface area (Å²) in [6.07, 6.45) is 1.51. The molecule has 0 unspecified atom stereocenters. The highest BCUT2D eigenvalue weighted by Crippen LogP contribution is 2.29. The van der Waals surface area contributed by atoms with Crippen molar-refractivity contribution < 1.29 is 37.8 Å². The van der Waals surface area contributed by atoms with Crippen LogP contribution < -0.4 is 21.3 Å². The van der Waals surface area contributed by atoms with E-state index in [2.05, 4.69) is 21.3 Å². The second-order valence-corrected chi connectivity index (χ2v) is 15.5. The zero-order chi connectivity index (χ0) is 39.3. The number of amides is 4. The van der Waals surface area contributed by atoms with E-state index in [0.717, 1.165) is 5.56 Å². The summed E-state index contributed by atoms with van der Waals surface area (Å²) in [5.41, 5.74) is 1.18. The Kier molecular flexibility index (Phi) is 16.1. The number of hydrogen-bond donors (Lipinski definition) is 4. The zero-order valence-corrected chi connectivity index (χ0v) is 32.3. The predicted molar refractivity (Wildman–Crippen MR) is 203 cm³/mol. The van der Waals surface area contributed by atoms with E-state index in [9.17, 15) is 28.4 Å². The first kappa shape index (κ1) is 42.5. The van der Waals surface area contributed by atoms with Gasteiger partial charge in [-0.15, -0.1) is 0 Å². The van der Waals surface area contributed by atoms with Gasteiger partial charge in [0, 0.05) is 19.5 Å². The van der Waals surface area contributed by atoms with Crippen molar-refractivity contribution in [2.45, 2.75) is 103 Å². The Morgan fingerprint density at radius 1 is 0.722 bits per heavy atom. The van der Waals surface area contributed by atoms with Crippen LogP contribution in [0.4, 0.5) is 4.39 Å². The van der Waals surface area contributed by atoms with Gasteiger partial charge in [-0.3, -0.25) is 28.9 Å². The SMILES string of the molecule is CC(C)C[C@H](NC(=O)[C@H](CCc1ccccc1)NC(=O)CN1CCOCC1)C(=O)N[C@@H](Cc1ccc(CF)cc1)C(=O)N[C@@H](CC(C)C)C(=O)[C@@]1(C)CO1. The fourth-order valence-corrected chi connectivity index (χ4v) is 6.48. The van der Waals surface area contributed by atoms with E-state index in [0.29, 0.717) is 56.7 Å². The molecule has 2 aromatic rings. The molecule has 296 valence electrons. The number of nitrogens with zero attached hydrogens (tertiary/aromatic N) is 1. The maximum absolute atomic E-state index is 14.1. The molecule has 4 rings (SSSR count). The molecule has 0 spiro atoms. The summed E-state index contributed by atoms with van der Waals surface area (Å²) in [5.74, 6) is -2.13. The Hall–Kier alpha value is -4.20. The van der Waals surface area contributed by atoms with Crippen LogP contribution in [-0.4, -0.2) is 104 Å². The molecule has 4 N–H and O–H groups in total. The monoisotopic (exact) mass is 751 g/mol. The molecule has 2 heterocycles. The third-order valence-electron chi connectivity index (χ3n) is 9.72. The minimum Gasteiger partial charge on any atom is -0.379 e. The normalized spacial score (nSPS) is 19.3. The molecule has 5 atom stereocenters. The van der Waals surface area contributed by atoms with Gasteiger partial charge in [0.1, 0.15) is 30.4 Å². The summed E-state index contributed by atoms with van der Waals surface area (Å²) in [4.78, 5) is 70.6. The number of Topliss-reactive ketones (excluding diaryl/α,β-unsaturated/α-hetero) is 1. The van der Waals surface area contributed by atoms with Gasteiger partial charge in [-0.1, -0.05) is 82.3 Å². The van der Waals surface area contributed by atoms with Crippen LogP contribution in [0.25, 0.3) is 0 Å². The molecule has 0 aliphatic carbocycles. The average Bonchev–Trinajstić information content (AvgIpc) is 3.90. The lowest BCUT2D eigenvalue weighted by Crippen LogP contribution is -2.59. The fraction of sp³-hybridized carbons (Fsp3) is 0.585. The first-order chi connectivity index (χ1) is 25.8. The van der Waals surface area contributed by atoms with E-state index in [4.69, 9.17) is 9.47 Å². The summed E-state index contributed by atoms with van der Waals surface area (Å²) >= 11 is 0. The number of ketones is 1. The first-order valence-corrected chi connectivity index (χ1v) is 19.1. The number of nitrogens with one attached hydrogen (secondary N) is 4. The first-order valence-electron chi connectivity index (χ1n) is 19.1. The lowest BCUT2D eigenvalue weighted by molar-refractivity contribution is -0.135. The van der Waals surface area contributed by atoms with Crippen LogP contribution in [0.1, 0.15) is 70.6 Å². The number of carbonyl (C=O) groups excluding carboxylic acids is 5. The molecule has 0 bridgehead atoms. The number of halogens is 1. The fourth-order valence-electron chi connectivity index (χ4n) is 6.48. The van der Waals surface area contributed by atoms with Crippen LogP contribution in [-0.2, 0) is 53.0 Å². The quantitative estimate of drug-likeness (QED) is 0.142. The van der Waals surface area contributed by atoms with Gasteiger partial charge < -0.3 is 30.7 Å². The van der Waals surface area contributed by atoms with E-state index in [1.807, 2.05) is 62.9 Å². The van der Waals surface area contributed by atoms with E-state index < -0.39 is 54.2 Å². The van der Waals surface area contributed by atoms with E-state index in [1.165, 1.54) is 0 Å². The molecule has 0 saturated carbocycles. The van der Waals surface area contributed by atoms with Crippen molar-refractivity contribution in [3.63, 3.8) is 0 Å². The second-order valence-electron chi connectivity index (χ2n) is 15.5. The Balaban J connectivity index is 1.53. The molecule has 54 heavy (non-hydrogen) atoms. The van der Waals surface area contributed by atoms with Crippen molar-refractivity contribution in [2.24, 2.45) is 11.8 Å². The van der Waals surface area contributed by atoms with Gasteiger partial charge in [-0.25, -0.2) is 4.39 Å². The van der Waals surface area contributed by atoms with Crippen LogP contribution in [0.3, 0.4) is 0 Å². The molecule has 2 aliphatic heterocycles. The van der Waals surface area contributed by atoms with Crippen LogP contribution in [0.5, 0.6) is 0 Å². The largest absolute Gasteiger partial charge is 0.379 e. The molecular formula is C41H58FN5O7. The van der Waals surface area contributed by atoms with E-state index in [1.54, 1.807) is 31.2 Å². The highest BCUT2D eigenvalue weighted by Gasteiger charge is 2.50. The number of carbonyl (C=O) groups is 5. The standard InChI is InChI=1S/C41H58FN5O7/c1-27(2)21-33(37(49)41(5)26-54-41)44-40(52)35(23-30-11-13-31(24-42)14-12-30)46-39(51)34(22-28(3)4)45-38(50)32(16-15-29-9-7-6-8-10-29)43-36(48)25-47-17-19-53-20-18-47/h6-14,27-28,32-35H,15-26H2,1-5H3,(H,43,48)(H,44,52)(H,45,50)(H,46,51)/t32-,33-,34-,35-,41+/m0/s1. The van der Waals surface area contributed by atoms with Crippen molar-refractivity contribution >= 4 is 29.4 Å². The van der Waals surface area contributed by atoms with Crippen molar-refractivity contribution in [3.8, 4) is 0 Å². The van der Waals surface area contributed by atoms with Crippen LogP contribution >= 0.6 is 0 Å². The molecule has 12 nitrogen and oxygen atoms in total. The van der Waals surface area contributed by atoms with Crippen molar-refractivity contribution in [1.82, 2.24) is 26.2 Å². The van der Waals surface area contributed by atoms with Crippen LogP contribution in [0.2, 0.25) is 0 Å². The molecule has 4 amide bonds. The van der Waals surface area contributed by atoms with Crippen molar-refractivity contribution in [2.75, 3.05) is 39.5 Å². The van der Waals surface area contributed by atoms with Crippen molar-refractivity contribution in [1.29, 1.82) is 0 Å². The lowest BCUT2D eigenvalue weighted by Gasteiger charge is -2.29. The number of benzene rings is 2. The number of rotatable bonds is 21. The number of morpholine rings is 1. The topological polar surface area (TPSA) is 158 Å². The van der Waals surface area contributed by atoms with E-state index in [-0.39, 0.29) is 49.5 Å². The Labute approximate surface area is 318 Å². The molecule has 0 radical (unpaired) electrons. The summed E-state index contributed by atoms with van der Waals surface area (Å²) in [6.45, 7) is 11.5. The summed E-state index contributed by atoms with van der Waals surface area (Å²) in [5, 5.41) is 11.5. The third-order valence-corrected chi connectivity index (χ3v) is 9.72. The number of alkyl halides is 1. The van der Waals surface area contributed by atoms with Crippen molar-refractivity contribution in [3.05, 3.63) is 71.3 Å². The van der Waals surface area contributed by atoms with Gasteiger partial charge in [0.15, 0.2) is 5.78 Å². The minimum absolute atomic E-state index is 0.0208. The summed E-state index contributed by atoms with van der Waals surface area (Å²) in [6, 6.07) is 12.3. The lowest BCUT2D eigenvalue weighted by atomic mass is 9.93. The van der Waals surface area contributed by atoms with Crippen LogP contribution in [0.15, 0.2) is 54.6 Å². The smallest absolute Gasteiger partial charge is 0.243 e. The molecule has 13 heteroatoms. The Morgan fingerprint density at radius 3 is 1.85 bits per heavy atom. The molecule has 0 aromatic heterocycles. The molecule has 2 saturated heterocycles. The minimum atomic E-state index is -1.13. The third kappa shape index (κ3) is 13.6.